The Balaban J connectivity index is 0.00000341. The summed E-state index contributed by atoms with van der Waals surface area (Å²) in [6, 6.07) is 10.5. The molecule has 2 aromatic carbocycles. The molecule has 0 unspecified atom stereocenters. The van der Waals surface area contributed by atoms with Gasteiger partial charge in [0.15, 0.2) is 17.5 Å². The fourth-order valence-electron chi connectivity index (χ4n) is 3.64. The zero-order valence-electron chi connectivity index (χ0n) is 18.4. The number of rotatable bonds is 6. The quantitative estimate of drug-likeness (QED) is 0.342. The fraction of sp³-hybridized carbons (Fsp3) is 0.409. The number of nitrogens with one attached hydrogen (secondary N) is 1. The summed E-state index contributed by atoms with van der Waals surface area (Å²) in [6.07, 6.45) is 0. The van der Waals surface area contributed by atoms with Gasteiger partial charge in [-0.25, -0.2) is 4.39 Å². The van der Waals surface area contributed by atoms with Gasteiger partial charge >= 0.3 is 0 Å². The van der Waals surface area contributed by atoms with E-state index in [4.69, 9.17) is 14.2 Å². The third kappa shape index (κ3) is 5.84. The van der Waals surface area contributed by atoms with Crippen molar-refractivity contribution in [2.45, 2.75) is 6.54 Å². The summed E-state index contributed by atoms with van der Waals surface area (Å²) in [5.74, 6) is 2.45. The smallest absolute Gasteiger partial charge is 0.203 e. The third-order valence-corrected chi connectivity index (χ3v) is 5.21. The monoisotopic (exact) mass is 544 g/mol. The van der Waals surface area contributed by atoms with E-state index < -0.39 is 0 Å². The van der Waals surface area contributed by atoms with Gasteiger partial charge in [-0.1, -0.05) is 0 Å². The molecule has 0 saturated carbocycles. The number of guanidine groups is 1. The lowest BCUT2D eigenvalue weighted by Crippen LogP contribution is -2.52. The molecule has 7 nitrogen and oxygen atoms in total. The number of benzene rings is 2. The summed E-state index contributed by atoms with van der Waals surface area (Å²) >= 11 is 0. The van der Waals surface area contributed by atoms with E-state index in [9.17, 15) is 4.39 Å². The van der Waals surface area contributed by atoms with Gasteiger partial charge in [0.2, 0.25) is 5.75 Å². The average molecular weight is 544 g/mol. The van der Waals surface area contributed by atoms with Crippen LogP contribution in [0, 0.1) is 5.82 Å². The van der Waals surface area contributed by atoms with E-state index in [2.05, 4.69) is 20.1 Å². The van der Waals surface area contributed by atoms with Gasteiger partial charge in [-0.05, 0) is 36.4 Å². The maximum atomic E-state index is 13.2. The highest BCUT2D eigenvalue weighted by Gasteiger charge is 2.21. The first-order chi connectivity index (χ1) is 14.6. The maximum Gasteiger partial charge on any atom is 0.203 e. The van der Waals surface area contributed by atoms with Gasteiger partial charge in [-0.2, -0.15) is 0 Å². The molecule has 0 aromatic heterocycles. The lowest BCUT2D eigenvalue weighted by Gasteiger charge is -2.37. The predicted octanol–water partition coefficient (Wildman–Crippen LogP) is 3.37. The lowest BCUT2D eigenvalue weighted by molar-refractivity contribution is 0.321. The van der Waals surface area contributed by atoms with Crippen molar-refractivity contribution in [2.75, 3.05) is 59.5 Å². The second-order valence-corrected chi connectivity index (χ2v) is 6.84. The number of hydrogen-bond acceptors (Lipinski definition) is 5. The molecule has 0 aliphatic carbocycles. The Morgan fingerprint density at radius 2 is 1.58 bits per heavy atom. The lowest BCUT2D eigenvalue weighted by atomic mass is 10.1. The number of hydrogen-bond donors (Lipinski definition) is 1. The molecule has 31 heavy (non-hydrogen) atoms. The van der Waals surface area contributed by atoms with Gasteiger partial charge in [0.05, 0.1) is 21.3 Å². The molecule has 1 fully saturated rings. The van der Waals surface area contributed by atoms with Crippen LogP contribution < -0.4 is 24.4 Å². The van der Waals surface area contributed by atoms with Crippen molar-refractivity contribution in [3.63, 3.8) is 0 Å². The molecular formula is C22H30FIN4O3. The number of nitrogens with zero attached hydrogens (tertiary/aromatic N) is 3. The second kappa shape index (κ2) is 11.8. The van der Waals surface area contributed by atoms with Crippen molar-refractivity contribution in [3.05, 3.63) is 47.8 Å². The molecule has 1 aliphatic heterocycles. The molecule has 1 N–H and O–H groups in total. The molecule has 0 atom stereocenters. The van der Waals surface area contributed by atoms with Crippen LogP contribution in [0.3, 0.4) is 0 Å². The van der Waals surface area contributed by atoms with Crippen LogP contribution in [-0.2, 0) is 6.54 Å². The Hall–Kier alpha value is -2.43. The van der Waals surface area contributed by atoms with Gasteiger partial charge in [-0.15, -0.1) is 24.0 Å². The van der Waals surface area contributed by atoms with Crippen LogP contribution in [0.25, 0.3) is 0 Å². The Morgan fingerprint density at radius 1 is 0.935 bits per heavy atom. The van der Waals surface area contributed by atoms with Crippen molar-refractivity contribution in [1.82, 2.24) is 10.2 Å². The zero-order chi connectivity index (χ0) is 21.5. The van der Waals surface area contributed by atoms with E-state index in [0.29, 0.717) is 23.8 Å². The van der Waals surface area contributed by atoms with Gasteiger partial charge in [0.1, 0.15) is 5.82 Å². The highest BCUT2D eigenvalue weighted by atomic mass is 127. The highest BCUT2D eigenvalue weighted by Crippen LogP contribution is 2.39. The van der Waals surface area contributed by atoms with Crippen LogP contribution in [0.2, 0.25) is 0 Å². The molecule has 1 aliphatic rings. The van der Waals surface area contributed by atoms with Crippen LogP contribution in [0.1, 0.15) is 5.56 Å². The highest BCUT2D eigenvalue weighted by molar-refractivity contribution is 14.0. The minimum Gasteiger partial charge on any atom is -0.493 e. The second-order valence-electron chi connectivity index (χ2n) is 6.84. The van der Waals surface area contributed by atoms with Gasteiger partial charge < -0.3 is 29.3 Å². The van der Waals surface area contributed by atoms with Crippen molar-refractivity contribution in [3.8, 4) is 17.2 Å². The van der Waals surface area contributed by atoms with Crippen molar-refractivity contribution >= 4 is 35.6 Å². The van der Waals surface area contributed by atoms with Crippen molar-refractivity contribution < 1.29 is 18.6 Å². The summed E-state index contributed by atoms with van der Waals surface area (Å²) in [4.78, 5) is 8.90. The number of piperazine rings is 1. The Kier molecular flexibility index (Phi) is 9.47. The molecule has 2 aromatic rings. The summed E-state index contributed by atoms with van der Waals surface area (Å²) in [6.45, 7) is 3.85. The zero-order valence-corrected chi connectivity index (χ0v) is 20.7. The number of anilines is 1. The molecule has 9 heteroatoms. The Bertz CT molecular complexity index is 872. The molecule has 1 heterocycles. The number of methoxy groups -OCH3 is 3. The van der Waals surface area contributed by atoms with Crippen LogP contribution in [0.5, 0.6) is 17.2 Å². The summed E-state index contributed by atoms with van der Waals surface area (Å²) in [5.41, 5.74) is 1.98. The largest absolute Gasteiger partial charge is 0.493 e. The first kappa shape index (κ1) is 24.8. The predicted molar refractivity (Wildman–Crippen MR) is 132 cm³/mol. The minimum atomic E-state index is -0.215. The molecule has 170 valence electrons. The number of aliphatic imine (C=N–C) groups is 1. The Morgan fingerprint density at radius 3 is 2.13 bits per heavy atom. The molecule has 0 radical (unpaired) electrons. The molecule has 1 saturated heterocycles. The normalized spacial score (nSPS) is 14.0. The van der Waals surface area contributed by atoms with Crippen LogP contribution >= 0.6 is 24.0 Å². The van der Waals surface area contributed by atoms with Gasteiger partial charge in [0, 0.05) is 51.0 Å². The minimum absolute atomic E-state index is 0. The molecule has 3 rings (SSSR count). The first-order valence-corrected chi connectivity index (χ1v) is 9.85. The van der Waals surface area contributed by atoms with Gasteiger partial charge in [-0.3, -0.25) is 4.99 Å². The van der Waals surface area contributed by atoms with E-state index in [0.717, 1.165) is 43.4 Å². The first-order valence-electron chi connectivity index (χ1n) is 9.85. The third-order valence-electron chi connectivity index (χ3n) is 5.21. The topological polar surface area (TPSA) is 58.6 Å². The fourth-order valence-corrected chi connectivity index (χ4v) is 3.64. The molecular weight excluding hydrogens is 514 g/mol. The van der Waals surface area contributed by atoms with E-state index >= 15 is 0 Å². The van der Waals surface area contributed by atoms with Crippen LogP contribution in [-0.4, -0.2) is 65.4 Å². The van der Waals surface area contributed by atoms with Crippen molar-refractivity contribution in [1.29, 1.82) is 0 Å². The van der Waals surface area contributed by atoms with E-state index in [1.165, 1.54) is 12.1 Å². The molecule has 0 spiro atoms. The maximum absolute atomic E-state index is 13.2. The summed E-state index contributed by atoms with van der Waals surface area (Å²) in [5, 5.41) is 3.41. The Labute approximate surface area is 200 Å². The molecule has 0 amide bonds. The van der Waals surface area contributed by atoms with Crippen LogP contribution in [0.4, 0.5) is 10.1 Å². The van der Waals surface area contributed by atoms with E-state index in [1.807, 2.05) is 24.3 Å². The van der Waals surface area contributed by atoms with Crippen LogP contribution in [0.15, 0.2) is 41.4 Å². The van der Waals surface area contributed by atoms with E-state index in [-0.39, 0.29) is 29.8 Å². The standard InChI is InChI=1S/C22H29FN4O3.HI/c1-24-22(25-15-16-5-10-19(28-2)21(30-4)20(16)29-3)27-13-11-26(12-14-27)18-8-6-17(23)7-9-18;/h5-10H,11-15H2,1-4H3,(H,24,25);1H. The number of halogens is 2. The van der Waals surface area contributed by atoms with Crippen molar-refractivity contribution in [2.24, 2.45) is 4.99 Å². The summed E-state index contributed by atoms with van der Waals surface area (Å²) in [7, 11) is 6.59. The number of ether oxygens (including phenoxy) is 3. The van der Waals surface area contributed by atoms with E-state index in [1.54, 1.807) is 28.4 Å². The van der Waals surface area contributed by atoms with Gasteiger partial charge in [0.25, 0.3) is 0 Å². The average Bonchev–Trinajstić information content (AvgIpc) is 2.79. The summed E-state index contributed by atoms with van der Waals surface area (Å²) < 4.78 is 29.5. The SMILES string of the molecule is CN=C(NCc1ccc(OC)c(OC)c1OC)N1CCN(c2ccc(F)cc2)CC1.I. The molecule has 0 bridgehead atoms.